The lowest BCUT2D eigenvalue weighted by Crippen LogP contribution is -2.17. The van der Waals surface area contributed by atoms with Gasteiger partial charge in [-0.05, 0) is 67.8 Å². The Kier molecular flexibility index (Phi) is 8.23. The van der Waals surface area contributed by atoms with Crippen molar-refractivity contribution >= 4 is 51.9 Å². The molecule has 1 aliphatic rings. The number of thioether (sulfide) groups is 1. The van der Waals surface area contributed by atoms with Gasteiger partial charge in [-0.1, -0.05) is 41.6 Å². The number of benzene rings is 2. The molecule has 8 heteroatoms. The molecule has 0 saturated carbocycles. The molecule has 1 aliphatic heterocycles. The van der Waals surface area contributed by atoms with Gasteiger partial charge in [0.2, 0.25) is 0 Å². The van der Waals surface area contributed by atoms with Crippen LogP contribution >= 0.6 is 35.6 Å². The maximum absolute atomic E-state index is 11.9. The summed E-state index contributed by atoms with van der Waals surface area (Å²) in [6, 6.07) is 9.69. The Morgan fingerprint density at radius 1 is 1.06 bits per heavy atom. The van der Waals surface area contributed by atoms with Crippen LogP contribution in [0.1, 0.15) is 30.0 Å². The smallest absolute Gasteiger partial charge is 0.263 e. The van der Waals surface area contributed by atoms with E-state index in [4.69, 9.17) is 38.0 Å². The van der Waals surface area contributed by atoms with Crippen LogP contribution in [0.25, 0.3) is 6.08 Å². The van der Waals surface area contributed by atoms with Crippen LogP contribution in [0.5, 0.6) is 17.2 Å². The molecule has 0 aromatic heterocycles. The van der Waals surface area contributed by atoms with Crippen molar-refractivity contribution in [2.75, 3.05) is 19.8 Å². The third kappa shape index (κ3) is 6.63. The first kappa shape index (κ1) is 23.4. The molecular weight excluding hydrogens is 454 g/mol. The SMILES string of the molecule is CCOc1cc(/C=C2\SC(=S)NC2=O)cc(Cl)c1OCCCOc1cc(C)cc(C)c1. The van der Waals surface area contributed by atoms with Gasteiger partial charge in [0.25, 0.3) is 5.91 Å². The lowest BCUT2D eigenvalue weighted by molar-refractivity contribution is -0.115. The lowest BCUT2D eigenvalue weighted by Gasteiger charge is -2.15. The summed E-state index contributed by atoms with van der Waals surface area (Å²) >= 11 is 12.7. The zero-order valence-electron chi connectivity index (χ0n) is 17.6. The van der Waals surface area contributed by atoms with Crippen LogP contribution in [-0.2, 0) is 4.79 Å². The second-order valence-electron chi connectivity index (χ2n) is 6.99. The molecule has 3 rings (SSSR count). The second kappa shape index (κ2) is 10.9. The molecule has 1 amide bonds. The molecule has 1 heterocycles. The van der Waals surface area contributed by atoms with E-state index in [1.807, 2.05) is 32.9 Å². The van der Waals surface area contributed by atoms with Gasteiger partial charge in [0.1, 0.15) is 10.1 Å². The quantitative estimate of drug-likeness (QED) is 0.284. The van der Waals surface area contributed by atoms with Gasteiger partial charge in [0.05, 0.1) is 29.7 Å². The Balaban J connectivity index is 1.63. The molecule has 0 radical (unpaired) electrons. The van der Waals surface area contributed by atoms with Crippen LogP contribution in [0.2, 0.25) is 5.02 Å². The van der Waals surface area contributed by atoms with Crippen LogP contribution in [0.4, 0.5) is 0 Å². The maximum atomic E-state index is 11.9. The summed E-state index contributed by atoms with van der Waals surface area (Å²) in [6.07, 6.45) is 2.42. The molecule has 1 fully saturated rings. The minimum Gasteiger partial charge on any atom is -0.493 e. The van der Waals surface area contributed by atoms with Crippen molar-refractivity contribution in [2.24, 2.45) is 0 Å². The first-order chi connectivity index (χ1) is 14.9. The van der Waals surface area contributed by atoms with Crippen LogP contribution in [0, 0.1) is 13.8 Å². The molecule has 0 aliphatic carbocycles. The lowest BCUT2D eigenvalue weighted by atomic mass is 10.1. The zero-order chi connectivity index (χ0) is 22.4. The van der Waals surface area contributed by atoms with E-state index in [9.17, 15) is 4.79 Å². The molecule has 0 spiro atoms. The van der Waals surface area contributed by atoms with Gasteiger partial charge in [-0.15, -0.1) is 0 Å². The predicted molar refractivity (Wildman–Crippen MR) is 130 cm³/mol. The predicted octanol–water partition coefficient (Wildman–Crippen LogP) is 5.69. The first-order valence-corrected chi connectivity index (χ1v) is 11.5. The van der Waals surface area contributed by atoms with E-state index in [0.717, 1.165) is 11.3 Å². The molecular formula is C23H24ClNO4S2. The highest BCUT2D eigenvalue weighted by atomic mass is 35.5. The molecule has 2 aromatic carbocycles. The third-order valence-corrected chi connectivity index (χ3v) is 5.71. The van der Waals surface area contributed by atoms with Gasteiger partial charge in [-0.3, -0.25) is 4.79 Å². The molecule has 0 atom stereocenters. The summed E-state index contributed by atoms with van der Waals surface area (Å²) in [5.41, 5.74) is 3.08. The maximum Gasteiger partial charge on any atom is 0.263 e. The van der Waals surface area contributed by atoms with E-state index < -0.39 is 0 Å². The van der Waals surface area contributed by atoms with Crippen molar-refractivity contribution < 1.29 is 19.0 Å². The average molecular weight is 478 g/mol. The number of nitrogens with one attached hydrogen (secondary N) is 1. The monoisotopic (exact) mass is 477 g/mol. The fourth-order valence-corrected chi connectivity index (χ4v) is 4.40. The Bertz CT molecular complexity index is 1000. The topological polar surface area (TPSA) is 56.8 Å². The van der Waals surface area contributed by atoms with Crippen molar-refractivity contribution in [3.05, 3.63) is 56.9 Å². The number of amides is 1. The summed E-state index contributed by atoms with van der Waals surface area (Å²) in [5.74, 6) is 1.66. The summed E-state index contributed by atoms with van der Waals surface area (Å²) in [6.45, 7) is 7.40. The van der Waals surface area contributed by atoms with Gasteiger partial charge >= 0.3 is 0 Å². The third-order valence-electron chi connectivity index (χ3n) is 4.27. The van der Waals surface area contributed by atoms with Gasteiger partial charge in [0, 0.05) is 6.42 Å². The van der Waals surface area contributed by atoms with E-state index in [1.54, 1.807) is 18.2 Å². The number of rotatable bonds is 9. The van der Waals surface area contributed by atoms with E-state index >= 15 is 0 Å². The van der Waals surface area contributed by atoms with Crippen LogP contribution < -0.4 is 19.5 Å². The van der Waals surface area contributed by atoms with E-state index in [-0.39, 0.29) is 5.91 Å². The van der Waals surface area contributed by atoms with Crippen molar-refractivity contribution in [2.45, 2.75) is 27.2 Å². The van der Waals surface area contributed by atoms with Crippen LogP contribution in [0.15, 0.2) is 35.2 Å². The molecule has 164 valence electrons. The number of thiocarbonyl (C=S) groups is 1. The fourth-order valence-electron chi connectivity index (χ4n) is 3.09. The van der Waals surface area contributed by atoms with Gasteiger partial charge in [-0.2, -0.15) is 0 Å². The van der Waals surface area contributed by atoms with Gasteiger partial charge in [0.15, 0.2) is 11.5 Å². The molecule has 5 nitrogen and oxygen atoms in total. The number of carbonyl (C=O) groups is 1. The highest BCUT2D eigenvalue weighted by Gasteiger charge is 2.22. The summed E-state index contributed by atoms with van der Waals surface area (Å²) in [7, 11) is 0. The highest BCUT2D eigenvalue weighted by Crippen LogP contribution is 2.38. The van der Waals surface area contributed by atoms with E-state index in [0.29, 0.717) is 52.0 Å². The Labute approximate surface area is 197 Å². The number of hydrogen-bond acceptors (Lipinski definition) is 6. The van der Waals surface area contributed by atoms with Crippen molar-refractivity contribution in [3.63, 3.8) is 0 Å². The van der Waals surface area contributed by atoms with Gasteiger partial charge in [-0.25, -0.2) is 0 Å². The fraction of sp³-hybridized carbons (Fsp3) is 0.304. The van der Waals surface area contributed by atoms with Crippen LogP contribution in [0.3, 0.4) is 0 Å². The number of carbonyl (C=O) groups excluding carboxylic acids is 1. The highest BCUT2D eigenvalue weighted by molar-refractivity contribution is 8.26. The van der Waals surface area contributed by atoms with Crippen molar-refractivity contribution in [1.82, 2.24) is 5.32 Å². The van der Waals surface area contributed by atoms with Crippen LogP contribution in [-0.4, -0.2) is 30.0 Å². The summed E-state index contributed by atoms with van der Waals surface area (Å²) in [5, 5.41) is 3.01. The zero-order valence-corrected chi connectivity index (χ0v) is 20.0. The normalized spacial score (nSPS) is 14.6. The summed E-state index contributed by atoms with van der Waals surface area (Å²) < 4.78 is 17.9. The molecule has 0 bridgehead atoms. The molecule has 2 aromatic rings. The van der Waals surface area contributed by atoms with E-state index in [1.165, 1.54) is 22.9 Å². The number of ether oxygens (including phenoxy) is 3. The largest absolute Gasteiger partial charge is 0.493 e. The Morgan fingerprint density at radius 2 is 1.77 bits per heavy atom. The van der Waals surface area contributed by atoms with E-state index in [2.05, 4.69) is 11.4 Å². The minimum absolute atomic E-state index is 0.215. The number of aryl methyl sites for hydroxylation is 2. The minimum atomic E-state index is -0.215. The molecule has 0 unspecified atom stereocenters. The second-order valence-corrected chi connectivity index (χ2v) is 9.12. The number of hydrogen-bond donors (Lipinski definition) is 1. The summed E-state index contributed by atoms with van der Waals surface area (Å²) in [4.78, 5) is 12.4. The molecule has 31 heavy (non-hydrogen) atoms. The van der Waals surface area contributed by atoms with Crippen molar-refractivity contribution in [3.8, 4) is 17.2 Å². The van der Waals surface area contributed by atoms with Crippen molar-refractivity contribution in [1.29, 1.82) is 0 Å². The molecule has 1 saturated heterocycles. The first-order valence-electron chi connectivity index (χ1n) is 9.91. The standard InChI is InChI=1S/C23H24ClNO4S2/c1-4-27-19-12-16(13-20-22(26)25-23(30)31-20)11-18(24)21(19)29-7-5-6-28-17-9-14(2)8-15(3)10-17/h8-13H,4-7H2,1-3H3,(H,25,26,30)/b20-13-. The Morgan fingerprint density at radius 3 is 2.42 bits per heavy atom. The van der Waals surface area contributed by atoms with Gasteiger partial charge < -0.3 is 19.5 Å². The molecule has 1 N–H and O–H groups in total. The number of halogens is 1. The average Bonchev–Trinajstić information content (AvgIpc) is 2.99. The Hall–Kier alpha value is -2.22.